The van der Waals surface area contributed by atoms with E-state index in [1.807, 2.05) is 24.3 Å². The van der Waals surface area contributed by atoms with Gasteiger partial charge in [0.05, 0.1) is 20.7 Å². The third-order valence-electron chi connectivity index (χ3n) is 4.66. The van der Waals surface area contributed by atoms with Crippen molar-refractivity contribution in [3.8, 4) is 0 Å². The van der Waals surface area contributed by atoms with Gasteiger partial charge in [-0.25, -0.2) is 0 Å². The number of amides is 3. The van der Waals surface area contributed by atoms with E-state index in [0.29, 0.717) is 4.80 Å². The Bertz CT molecular complexity index is 1270. The lowest BCUT2D eigenvalue weighted by Crippen LogP contribution is -2.32. The van der Waals surface area contributed by atoms with E-state index < -0.39 is 28.3 Å². The van der Waals surface area contributed by atoms with E-state index in [4.69, 9.17) is 0 Å². The van der Waals surface area contributed by atoms with Crippen molar-refractivity contribution in [2.24, 2.45) is 12.0 Å². The maximum Gasteiger partial charge on any atom is 0.282 e. The van der Waals surface area contributed by atoms with Gasteiger partial charge in [-0.05, 0) is 18.2 Å². The number of hydrogen-bond acceptors (Lipinski definition) is 6. The summed E-state index contributed by atoms with van der Waals surface area (Å²) in [6, 6.07) is 11.5. The van der Waals surface area contributed by atoms with Crippen molar-refractivity contribution in [2.45, 2.75) is 6.42 Å². The Kier molecular flexibility index (Phi) is 4.55. The van der Waals surface area contributed by atoms with Gasteiger partial charge in [0.15, 0.2) is 4.80 Å². The van der Waals surface area contributed by atoms with Crippen LogP contribution >= 0.6 is 11.3 Å². The molecule has 0 fully saturated rings. The first-order valence-electron chi connectivity index (χ1n) is 8.64. The maximum atomic E-state index is 12.5. The summed E-state index contributed by atoms with van der Waals surface area (Å²) < 4.78 is 2.78. The first-order chi connectivity index (χ1) is 13.9. The average molecular weight is 410 g/mol. The lowest BCUT2D eigenvalue weighted by atomic mass is 10.1. The Morgan fingerprint density at radius 2 is 1.90 bits per heavy atom. The van der Waals surface area contributed by atoms with Gasteiger partial charge in [0.1, 0.15) is 5.56 Å². The Balaban J connectivity index is 1.55. The summed E-state index contributed by atoms with van der Waals surface area (Å²) in [5.41, 5.74) is 0.265. The molecule has 1 aliphatic heterocycles. The van der Waals surface area contributed by atoms with E-state index in [-0.39, 0.29) is 24.1 Å². The molecule has 3 amide bonds. The Morgan fingerprint density at radius 1 is 1.14 bits per heavy atom. The quantitative estimate of drug-likeness (QED) is 0.372. The second-order valence-electron chi connectivity index (χ2n) is 6.39. The van der Waals surface area contributed by atoms with Crippen LogP contribution in [0.25, 0.3) is 10.2 Å². The van der Waals surface area contributed by atoms with Crippen molar-refractivity contribution >= 4 is 45.0 Å². The van der Waals surface area contributed by atoms with Crippen molar-refractivity contribution in [3.05, 3.63) is 68.5 Å². The number of rotatable bonds is 4. The summed E-state index contributed by atoms with van der Waals surface area (Å²) in [5, 5.41) is 11.1. The molecule has 2 aromatic carbocycles. The van der Waals surface area contributed by atoms with E-state index in [0.717, 1.165) is 15.1 Å². The number of thiazole rings is 1. The van der Waals surface area contributed by atoms with Gasteiger partial charge in [0.2, 0.25) is 5.91 Å². The highest BCUT2D eigenvalue weighted by Crippen LogP contribution is 2.30. The highest BCUT2D eigenvalue weighted by Gasteiger charge is 2.40. The molecule has 0 bridgehead atoms. The van der Waals surface area contributed by atoms with Crippen LogP contribution in [0.15, 0.2) is 47.5 Å². The average Bonchev–Trinajstić information content (AvgIpc) is 3.15. The molecule has 0 N–H and O–H groups in total. The number of carbonyl (C=O) groups is 3. The van der Waals surface area contributed by atoms with Gasteiger partial charge in [-0.15, -0.1) is 0 Å². The van der Waals surface area contributed by atoms with E-state index >= 15 is 0 Å². The second kappa shape index (κ2) is 7.06. The van der Waals surface area contributed by atoms with Crippen LogP contribution in [0.5, 0.6) is 0 Å². The number of fused-ring (bicyclic) bond motifs is 2. The van der Waals surface area contributed by atoms with Gasteiger partial charge in [0.25, 0.3) is 17.5 Å². The van der Waals surface area contributed by atoms with Gasteiger partial charge in [-0.3, -0.25) is 29.4 Å². The molecular weight excluding hydrogens is 396 g/mol. The standard InChI is InChI=1S/C19H14N4O5S/c1-21-12-6-2-3-8-14(12)29-19(21)20-15(24)9-10-22-17(25)11-5-4-7-13(23(27)28)16(11)18(22)26/h2-8H,9-10H2,1H3. The predicted molar refractivity (Wildman–Crippen MR) is 104 cm³/mol. The molecule has 4 rings (SSSR count). The topological polar surface area (TPSA) is 115 Å². The number of nitro groups is 1. The molecule has 146 valence electrons. The van der Waals surface area contributed by atoms with Crippen molar-refractivity contribution in [1.29, 1.82) is 0 Å². The predicted octanol–water partition coefficient (Wildman–Crippen LogP) is 2.26. The highest BCUT2D eigenvalue weighted by atomic mass is 32.1. The van der Waals surface area contributed by atoms with E-state index in [2.05, 4.69) is 4.99 Å². The molecule has 2 heterocycles. The third-order valence-corrected chi connectivity index (χ3v) is 5.77. The van der Waals surface area contributed by atoms with Gasteiger partial charge in [-0.1, -0.05) is 29.5 Å². The van der Waals surface area contributed by atoms with E-state index in [1.54, 1.807) is 11.6 Å². The number of nitrogens with zero attached hydrogens (tertiary/aromatic N) is 4. The van der Waals surface area contributed by atoms with Gasteiger partial charge >= 0.3 is 0 Å². The van der Waals surface area contributed by atoms with Crippen molar-refractivity contribution in [3.63, 3.8) is 0 Å². The minimum atomic E-state index is -0.766. The van der Waals surface area contributed by atoms with Gasteiger partial charge in [0, 0.05) is 26.1 Å². The van der Waals surface area contributed by atoms with Crippen LogP contribution in [0.4, 0.5) is 5.69 Å². The third kappa shape index (κ3) is 3.13. The molecule has 0 aliphatic carbocycles. The fraction of sp³-hybridized carbons (Fsp3) is 0.158. The van der Waals surface area contributed by atoms with Gasteiger partial charge < -0.3 is 4.57 Å². The van der Waals surface area contributed by atoms with Crippen LogP contribution < -0.4 is 4.80 Å². The molecule has 3 aromatic rings. The fourth-order valence-corrected chi connectivity index (χ4v) is 4.26. The van der Waals surface area contributed by atoms with Crippen LogP contribution in [-0.4, -0.2) is 38.7 Å². The number of carbonyl (C=O) groups excluding carboxylic acids is 3. The first kappa shape index (κ1) is 18.7. The number of imide groups is 1. The molecule has 0 saturated heterocycles. The highest BCUT2D eigenvalue weighted by molar-refractivity contribution is 7.16. The zero-order valence-corrected chi connectivity index (χ0v) is 16.0. The largest absolute Gasteiger partial charge is 0.319 e. The number of benzene rings is 2. The maximum absolute atomic E-state index is 12.5. The van der Waals surface area contributed by atoms with Crippen molar-refractivity contribution in [1.82, 2.24) is 9.47 Å². The summed E-state index contributed by atoms with van der Waals surface area (Å²) in [6.45, 7) is -0.194. The molecule has 9 nitrogen and oxygen atoms in total. The number of aromatic nitrogens is 1. The van der Waals surface area contributed by atoms with E-state index in [9.17, 15) is 24.5 Å². The number of para-hydroxylation sites is 1. The summed E-state index contributed by atoms with van der Waals surface area (Å²) in [6.07, 6.45) is -0.173. The number of hydrogen-bond donors (Lipinski definition) is 0. The molecule has 0 spiro atoms. The Hall–Kier alpha value is -3.66. The number of aryl methyl sites for hydroxylation is 1. The van der Waals surface area contributed by atoms with Crippen LogP contribution in [0.2, 0.25) is 0 Å². The SMILES string of the molecule is Cn1c(=NC(=O)CCN2C(=O)c3cccc([N+](=O)[O-])c3C2=O)sc2ccccc21. The normalized spacial score (nSPS) is 14.0. The minimum absolute atomic E-state index is 0.0236. The molecule has 0 unspecified atom stereocenters. The Morgan fingerprint density at radius 3 is 2.62 bits per heavy atom. The molecular formula is C19H14N4O5S. The number of nitro benzene ring substituents is 1. The van der Waals surface area contributed by atoms with Crippen LogP contribution in [0.3, 0.4) is 0 Å². The second-order valence-corrected chi connectivity index (χ2v) is 7.39. The smallest absolute Gasteiger partial charge is 0.282 e. The molecule has 10 heteroatoms. The summed E-state index contributed by atoms with van der Waals surface area (Å²) in [5.74, 6) is -1.90. The lowest BCUT2D eigenvalue weighted by Gasteiger charge is -2.11. The molecule has 0 atom stereocenters. The van der Waals surface area contributed by atoms with Gasteiger partial charge in [-0.2, -0.15) is 4.99 Å². The van der Waals surface area contributed by atoms with Crippen LogP contribution in [0, 0.1) is 10.1 Å². The summed E-state index contributed by atoms with van der Waals surface area (Å²) in [7, 11) is 1.80. The zero-order valence-electron chi connectivity index (χ0n) is 15.2. The van der Waals surface area contributed by atoms with Crippen molar-refractivity contribution < 1.29 is 19.3 Å². The first-order valence-corrected chi connectivity index (χ1v) is 9.46. The Labute approximate surface area is 167 Å². The summed E-state index contributed by atoms with van der Waals surface area (Å²) in [4.78, 5) is 53.2. The van der Waals surface area contributed by atoms with Crippen molar-refractivity contribution in [2.75, 3.05) is 6.54 Å². The molecule has 0 saturated carbocycles. The molecule has 1 aliphatic rings. The minimum Gasteiger partial charge on any atom is -0.319 e. The van der Waals surface area contributed by atoms with E-state index in [1.165, 1.54) is 29.5 Å². The zero-order chi connectivity index (χ0) is 20.7. The summed E-state index contributed by atoms with van der Waals surface area (Å²) >= 11 is 1.36. The monoisotopic (exact) mass is 410 g/mol. The van der Waals surface area contributed by atoms with Crippen LogP contribution in [-0.2, 0) is 11.8 Å². The fourth-order valence-electron chi connectivity index (χ4n) is 3.23. The molecule has 1 aromatic heterocycles. The molecule has 0 radical (unpaired) electrons. The molecule has 29 heavy (non-hydrogen) atoms. The lowest BCUT2D eigenvalue weighted by molar-refractivity contribution is -0.385. The van der Waals surface area contributed by atoms with Crippen LogP contribution in [0.1, 0.15) is 27.1 Å².